The molecule has 0 radical (unpaired) electrons. The third-order valence-corrected chi connectivity index (χ3v) is 3.99. The van der Waals surface area contributed by atoms with Crippen LogP contribution in [0, 0.1) is 17.7 Å². The van der Waals surface area contributed by atoms with Crippen LogP contribution in [0.5, 0.6) is 0 Å². The normalized spacial score (nSPS) is 15.7. The van der Waals surface area contributed by atoms with Crippen LogP contribution in [0.4, 0.5) is 4.39 Å². The van der Waals surface area contributed by atoms with Crippen molar-refractivity contribution in [1.82, 2.24) is 10.2 Å². The second-order valence-electron chi connectivity index (χ2n) is 6.83. The second kappa shape index (κ2) is 8.41. The Kier molecular flexibility index (Phi) is 6.54. The summed E-state index contributed by atoms with van der Waals surface area (Å²) >= 11 is 0. The number of halogens is 1. The number of rotatable bonds is 9. The van der Waals surface area contributed by atoms with E-state index in [0.29, 0.717) is 24.6 Å². The molecule has 23 heavy (non-hydrogen) atoms. The molecule has 1 amide bonds. The summed E-state index contributed by atoms with van der Waals surface area (Å²) in [5, 5.41) is 13.5. The van der Waals surface area contributed by atoms with Gasteiger partial charge < -0.3 is 15.3 Å². The van der Waals surface area contributed by atoms with Crippen LogP contribution in [0.2, 0.25) is 0 Å². The van der Waals surface area contributed by atoms with Gasteiger partial charge >= 0.3 is 0 Å². The van der Waals surface area contributed by atoms with Crippen molar-refractivity contribution in [2.45, 2.75) is 32.8 Å². The number of carbonyl (C=O) groups is 1. The first-order chi connectivity index (χ1) is 11.0. The highest BCUT2D eigenvalue weighted by atomic mass is 19.1. The van der Waals surface area contributed by atoms with Gasteiger partial charge in [-0.25, -0.2) is 4.39 Å². The third-order valence-electron chi connectivity index (χ3n) is 3.99. The minimum absolute atomic E-state index is 0.000474. The quantitative estimate of drug-likeness (QED) is 0.734. The van der Waals surface area contributed by atoms with E-state index in [0.717, 1.165) is 12.5 Å². The first-order valence-electron chi connectivity index (χ1n) is 8.37. The molecule has 1 aliphatic carbocycles. The summed E-state index contributed by atoms with van der Waals surface area (Å²) in [4.78, 5) is 14.1. The molecule has 128 valence electrons. The zero-order valence-electron chi connectivity index (χ0n) is 14.0. The lowest BCUT2D eigenvalue weighted by Crippen LogP contribution is -2.42. The molecule has 1 saturated carbocycles. The molecule has 0 bridgehead atoms. The Bertz CT molecular complexity index is 500. The van der Waals surface area contributed by atoms with E-state index in [9.17, 15) is 14.3 Å². The number of benzene rings is 1. The van der Waals surface area contributed by atoms with Gasteiger partial charge in [-0.1, -0.05) is 26.0 Å². The van der Waals surface area contributed by atoms with E-state index in [1.165, 1.54) is 25.0 Å². The van der Waals surface area contributed by atoms with Crippen molar-refractivity contribution in [3.05, 3.63) is 35.6 Å². The lowest BCUT2D eigenvalue weighted by atomic mass is 10.1. The predicted octanol–water partition coefficient (Wildman–Crippen LogP) is 2.34. The minimum atomic E-state index is -0.804. The molecule has 1 fully saturated rings. The molecule has 0 saturated heterocycles. The van der Waals surface area contributed by atoms with E-state index >= 15 is 0 Å². The second-order valence-corrected chi connectivity index (χ2v) is 6.83. The largest absolute Gasteiger partial charge is 0.387 e. The Morgan fingerprint density at radius 2 is 1.96 bits per heavy atom. The number of aliphatic hydroxyl groups is 1. The first-order valence-corrected chi connectivity index (χ1v) is 8.37. The Balaban J connectivity index is 1.90. The van der Waals surface area contributed by atoms with Crippen molar-refractivity contribution in [3.63, 3.8) is 0 Å². The van der Waals surface area contributed by atoms with E-state index in [4.69, 9.17) is 0 Å². The molecule has 2 rings (SSSR count). The molecule has 0 aliphatic heterocycles. The number of carbonyl (C=O) groups excluding carboxylic acids is 1. The van der Waals surface area contributed by atoms with Crippen LogP contribution in [0.25, 0.3) is 0 Å². The van der Waals surface area contributed by atoms with Crippen molar-refractivity contribution in [2.24, 2.45) is 11.8 Å². The van der Waals surface area contributed by atoms with Crippen molar-refractivity contribution in [1.29, 1.82) is 0 Å². The molecule has 0 aromatic heterocycles. The van der Waals surface area contributed by atoms with E-state index in [-0.39, 0.29) is 18.3 Å². The fourth-order valence-corrected chi connectivity index (χ4v) is 2.54. The maximum atomic E-state index is 13.0. The number of nitrogens with zero attached hydrogens (tertiary/aromatic N) is 1. The van der Waals surface area contributed by atoms with Gasteiger partial charge in [-0.2, -0.15) is 0 Å². The molecule has 1 atom stereocenters. The van der Waals surface area contributed by atoms with Gasteiger partial charge in [0, 0.05) is 6.54 Å². The van der Waals surface area contributed by atoms with E-state index in [2.05, 4.69) is 5.32 Å². The summed E-state index contributed by atoms with van der Waals surface area (Å²) in [7, 11) is 0. The Hall–Kier alpha value is -1.46. The number of amides is 1. The van der Waals surface area contributed by atoms with Crippen LogP contribution < -0.4 is 5.32 Å². The van der Waals surface area contributed by atoms with Gasteiger partial charge in [0.2, 0.25) is 5.91 Å². The fourth-order valence-electron chi connectivity index (χ4n) is 2.54. The molecule has 5 heteroatoms. The lowest BCUT2D eigenvalue weighted by molar-refractivity contribution is -0.132. The SMILES string of the molecule is CC(C)CN(CC(O)c1ccc(F)cc1)C(=O)CNCC1CC1. The van der Waals surface area contributed by atoms with Gasteiger partial charge in [-0.3, -0.25) is 4.79 Å². The zero-order chi connectivity index (χ0) is 16.8. The number of hydrogen-bond acceptors (Lipinski definition) is 3. The van der Waals surface area contributed by atoms with Crippen molar-refractivity contribution in [3.8, 4) is 0 Å². The topological polar surface area (TPSA) is 52.6 Å². The van der Waals surface area contributed by atoms with Crippen LogP contribution in [0.1, 0.15) is 38.4 Å². The summed E-state index contributed by atoms with van der Waals surface area (Å²) in [6.45, 7) is 6.11. The molecule has 0 heterocycles. The summed E-state index contributed by atoms with van der Waals surface area (Å²) in [5.74, 6) is 0.717. The third kappa shape index (κ3) is 6.28. The molecule has 0 spiro atoms. The Morgan fingerprint density at radius 3 is 2.52 bits per heavy atom. The summed E-state index contributed by atoms with van der Waals surface area (Å²) in [5.41, 5.74) is 0.624. The Labute approximate surface area is 137 Å². The van der Waals surface area contributed by atoms with Crippen LogP contribution in [-0.2, 0) is 4.79 Å². The van der Waals surface area contributed by atoms with Gasteiger partial charge in [-0.15, -0.1) is 0 Å². The molecule has 1 aromatic carbocycles. The molecule has 1 aliphatic rings. The standard InChI is InChI=1S/C18H27FN2O2/c1-13(2)11-21(18(23)10-20-9-14-3-4-14)12-17(22)15-5-7-16(19)8-6-15/h5-8,13-14,17,20,22H,3-4,9-12H2,1-2H3. The Morgan fingerprint density at radius 1 is 1.30 bits per heavy atom. The summed E-state index contributed by atoms with van der Waals surface area (Å²) in [6.07, 6.45) is 1.70. The highest BCUT2D eigenvalue weighted by molar-refractivity contribution is 5.78. The molecule has 1 aromatic rings. The molecular weight excluding hydrogens is 295 g/mol. The smallest absolute Gasteiger partial charge is 0.236 e. The highest BCUT2D eigenvalue weighted by Crippen LogP contribution is 2.27. The monoisotopic (exact) mass is 322 g/mol. The highest BCUT2D eigenvalue weighted by Gasteiger charge is 2.23. The van der Waals surface area contributed by atoms with Crippen molar-refractivity contribution >= 4 is 5.91 Å². The van der Waals surface area contributed by atoms with E-state index in [1.54, 1.807) is 17.0 Å². The molecular formula is C18H27FN2O2. The molecule has 2 N–H and O–H groups in total. The van der Waals surface area contributed by atoms with Crippen LogP contribution >= 0.6 is 0 Å². The maximum Gasteiger partial charge on any atom is 0.236 e. The summed E-state index contributed by atoms with van der Waals surface area (Å²) in [6, 6.07) is 5.77. The maximum absolute atomic E-state index is 13.0. The number of nitrogens with one attached hydrogen (secondary N) is 1. The zero-order valence-corrected chi connectivity index (χ0v) is 14.0. The molecule has 4 nitrogen and oxygen atoms in total. The van der Waals surface area contributed by atoms with E-state index < -0.39 is 6.10 Å². The van der Waals surface area contributed by atoms with Crippen LogP contribution in [0.15, 0.2) is 24.3 Å². The van der Waals surface area contributed by atoms with E-state index in [1.807, 2.05) is 13.8 Å². The van der Waals surface area contributed by atoms with Crippen LogP contribution in [0.3, 0.4) is 0 Å². The lowest BCUT2D eigenvalue weighted by Gasteiger charge is -2.27. The van der Waals surface area contributed by atoms with Gasteiger partial charge in [0.25, 0.3) is 0 Å². The fraction of sp³-hybridized carbons (Fsp3) is 0.611. The van der Waals surface area contributed by atoms with Gasteiger partial charge in [-0.05, 0) is 48.9 Å². The van der Waals surface area contributed by atoms with Crippen molar-refractivity contribution in [2.75, 3.05) is 26.2 Å². The van der Waals surface area contributed by atoms with Crippen molar-refractivity contribution < 1.29 is 14.3 Å². The number of aliphatic hydroxyl groups excluding tert-OH is 1. The summed E-state index contributed by atoms with van der Waals surface area (Å²) < 4.78 is 13.0. The first kappa shape index (κ1) is 17.9. The average Bonchev–Trinajstić information content (AvgIpc) is 3.30. The van der Waals surface area contributed by atoms with Gasteiger partial charge in [0.15, 0.2) is 0 Å². The predicted molar refractivity (Wildman–Crippen MR) is 88.4 cm³/mol. The minimum Gasteiger partial charge on any atom is -0.387 e. The van der Waals surface area contributed by atoms with Gasteiger partial charge in [0.05, 0.1) is 19.2 Å². The molecule has 1 unspecified atom stereocenters. The average molecular weight is 322 g/mol. The van der Waals surface area contributed by atoms with Crippen LogP contribution in [-0.4, -0.2) is 42.1 Å². The van der Waals surface area contributed by atoms with Gasteiger partial charge in [0.1, 0.15) is 5.82 Å². The number of hydrogen-bond donors (Lipinski definition) is 2.